The summed E-state index contributed by atoms with van der Waals surface area (Å²) < 4.78 is 4.64. The molecule has 2 unspecified atom stereocenters. The van der Waals surface area contributed by atoms with Gasteiger partial charge in [0.25, 0.3) is 0 Å². The van der Waals surface area contributed by atoms with Crippen molar-refractivity contribution in [1.82, 2.24) is 9.80 Å². The second kappa shape index (κ2) is 7.95. The fourth-order valence-electron chi connectivity index (χ4n) is 5.26. The Hall–Kier alpha value is -1.54. The summed E-state index contributed by atoms with van der Waals surface area (Å²) in [4.78, 5) is 43.2. The molecule has 29 heavy (non-hydrogen) atoms. The van der Waals surface area contributed by atoms with Crippen molar-refractivity contribution in [2.45, 2.75) is 62.1 Å². The lowest BCUT2D eigenvalue weighted by Crippen LogP contribution is -2.59. The maximum atomic E-state index is 13.8. The van der Waals surface area contributed by atoms with Crippen LogP contribution in [0.2, 0.25) is 0 Å². The topological polar surface area (TPSA) is 87.2 Å². The third kappa shape index (κ3) is 3.38. The van der Waals surface area contributed by atoms with E-state index in [4.69, 9.17) is 4.74 Å². The number of aliphatic hydroxyl groups excluding tert-OH is 1. The third-order valence-electron chi connectivity index (χ3n) is 6.32. The molecule has 0 saturated carbocycles. The van der Waals surface area contributed by atoms with Gasteiger partial charge in [-0.15, -0.1) is 18.3 Å². The predicted molar refractivity (Wildman–Crippen MR) is 111 cm³/mol. The van der Waals surface area contributed by atoms with Crippen molar-refractivity contribution in [2.24, 2.45) is 11.8 Å². The second-order valence-electron chi connectivity index (χ2n) is 8.97. The zero-order valence-corrected chi connectivity index (χ0v) is 18.5. The molecule has 3 aliphatic heterocycles. The van der Waals surface area contributed by atoms with Crippen LogP contribution in [0.1, 0.15) is 40.5 Å². The Morgan fingerprint density at radius 1 is 1.45 bits per heavy atom. The maximum absolute atomic E-state index is 13.8. The largest absolute Gasteiger partial charge is 0.466 e. The molecule has 0 aromatic rings. The first-order valence-electron chi connectivity index (χ1n) is 10.3. The summed E-state index contributed by atoms with van der Waals surface area (Å²) in [5, 5.41) is 9.60. The van der Waals surface area contributed by atoms with E-state index in [0.29, 0.717) is 13.0 Å². The molecule has 2 amide bonds. The van der Waals surface area contributed by atoms with E-state index >= 15 is 0 Å². The zero-order valence-electron chi connectivity index (χ0n) is 17.7. The van der Waals surface area contributed by atoms with Crippen LogP contribution in [-0.4, -0.2) is 80.6 Å². The number of rotatable bonds is 7. The number of fused-ring (bicyclic) bond motifs is 1. The molecule has 7 nitrogen and oxygen atoms in total. The summed E-state index contributed by atoms with van der Waals surface area (Å²) in [5.74, 6) is -1.79. The maximum Gasteiger partial charge on any atom is 0.310 e. The van der Waals surface area contributed by atoms with E-state index in [9.17, 15) is 19.5 Å². The van der Waals surface area contributed by atoms with Crippen molar-refractivity contribution in [3.8, 4) is 0 Å². The molecule has 0 aromatic carbocycles. The van der Waals surface area contributed by atoms with E-state index in [-0.39, 0.29) is 42.8 Å². The number of nitrogens with zero attached hydrogens (tertiary/aromatic N) is 2. The van der Waals surface area contributed by atoms with Crippen LogP contribution >= 0.6 is 11.8 Å². The first-order chi connectivity index (χ1) is 13.6. The van der Waals surface area contributed by atoms with Gasteiger partial charge < -0.3 is 19.6 Å². The van der Waals surface area contributed by atoms with Gasteiger partial charge in [-0.3, -0.25) is 14.4 Å². The van der Waals surface area contributed by atoms with Crippen molar-refractivity contribution in [3.63, 3.8) is 0 Å². The Labute approximate surface area is 176 Å². The fourth-order valence-corrected chi connectivity index (χ4v) is 7.46. The van der Waals surface area contributed by atoms with Crippen molar-refractivity contribution in [2.75, 3.05) is 26.3 Å². The fraction of sp³-hybridized carbons (Fsp3) is 0.762. The molecule has 3 heterocycles. The van der Waals surface area contributed by atoms with Crippen LogP contribution in [0.5, 0.6) is 0 Å². The van der Waals surface area contributed by atoms with Crippen molar-refractivity contribution in [1.29, 1.82) is 0 Å². The minimum atomic E-state index is -0.694. The van der Waals surface area contributed by atoms with Crippen LogP contribution in [0.3, 0.4) is 0 Å². The lowest BCUT2D eigenvalue weighted by molar-refractivity contribution is -0.153. The normalized spacial score (nSPS) is 33.0. The monoisotopic (exact) mass is 424 g/mol. The Balaban J connectivity index is 2.04. The first-order valence-corrected chi connectivity index (χ1v) is 11.2. The van der Waals surface area contributed by atoms with Gasteiger partial charge in [0.05, 0.1) is 29.8 Å². The molecule has 1 N–H and O–H groups in total. The second-order valence-corrected chi connectivity index (χ2v) is 10.6. The lowest BCUT2D eigenvalue weighted by atomic mass is 9.71. The number of esters is 1. The Bertz CT molecular complexity index is 706. The minimum absolute atomic E-state index is 0.00272. The Morgan fingerprint density at radius 3 is 2.69 bits per heavy atom. The standard InChI is InChI=1S/C21H32N2O5S/c1-6-10-23(20(3,4)5)18(26)16-21-9-8-13(29-21)14(19(27)28-7-2)15(21)17(25)22(16)11-12-24/h6,13-16,24H,1,7-12H2,2-5H3/t13-,14+,15+,16?,21?/m1/s1. The van der Waals surface area contributed by atoms with Gasteiger partial charge in [0.2, 0.25) is 11.8 Å². The number of carbonyl (C=O) groups excluding carboxylic acids is 3. The summed E-state index contributed by atoms with van der Waals surface area (Å²) in [6.45, 7) is 11.9. The number of hydrogen-bond donors (Lipinski definition) is 1. The Kier molecular flexibility index (Phi) is 6.07. The predicted octanol–water partition coefficient (Wildman–Crippen LogP) is 1.45. The van der Waals surface area contributed by atoms with E-state index in [2.05, 4.69) is 6.58 Å². The van der Waals surface area contributed by atoms with E-state index in [1.54, 1.807) is 29.7 Å². The highest BCUT2D eigenvalue weighted by atomic mass is 32.2. The highest BCUT2D eigenvalue weighted by Crippen LogP contribution is 2.66. The van der Waals surface area contributed by atoms with Gasteiger partial charge in [-0.2, -0.15) is 0 Å². The summed E-state index contributed by atoms with van der Waals surface area (Å²) in [7, 11) is 0. The number of ether oxygens (including phenoxy) is 1. The molecule has 162 valence electrons. The average Bonchev–Trinajstić information content (AvgIpc) is 3.27. The first kappa shape index (κ1) is 22.2. The highest BCUT2D eigenvalue weighted by molar-refractivity contribution is 8.02. The van der Waals surface area contributed by atoms with Gasteiger partial charge in [0.15, 0.2) is 0 Å². The molecule has 0 radical (unpaired) electrons. The van der Waals surface area contributed by atoms with Crippen LogP contribution < -0.4 is 0 Å². The molecule has 3 saturated heterocycles. The smallest absolute Gasteiger partial charge is 0.310 e. The zero-order chi connectivity index (χ0) is 21.6. The lowest BCUT2D eigenvalue weighted by Gasteiger charge is -2.42. The molecule has 3 fully saturated rings. The van der Waals surface area contributed by atoms with Gasteiger partial charge in [0.1, 0.15) is 6.04 Å². The minimum Gasteiger partial charge on any atom is -0.466 e. The average molecular weight is 425 g/mol. The third-order valence-corrected chi connectivity index (χ3v) is 8.27. The number of amides is 2. The highest BCUT2D eigenvalue weighted by Gasteiger charge is 2.74. The number of β-amino-alcohol motifs (C(OH)–C–C–N with tert-alkyl or cyclic N) is 1. The van der Waals surface area contributed by atoms with Gasteiger partial charge in [-0.1, -0.05) is 6.08 Å². The van der Waals surface area contributed by atoms with Crippen LogP contribution in [0.25, 0.3) is 0 Å². The van der Waals surface area contributed by atoms with Gasteiger partial charge in [-0.25, -0.2) is 0 Å². The van der Waals surface area contributed by atoms with Gasteiger partial charge >= 0.3 is 5.97 Å². The number of hydrogen-bond acceptors (Lipinski definition) is 6. The molecular weight excluding hydrogens is 392 g/mol. The number of carbonyl (C=O) groups is 3. The molecule has 5 atom stereocenters. The molecule has 2 bridgehead atoms. The number of likely N-dealkylation sites (tertiary alicyclic amines) is 1. The SMILES string of the molecule is C=CCN(C(=O)C1N(CCO)C(=O)[C@@H]2[C@@H](C(=O)OCC)[C@H]3CCC12S3)C(C)(C)C. The van der Waals surface area contributed by atoms with Crippen LogP contribution in [0.4, 0.5) is 0 Å². The Morgan fingerprint density at radius 2 is 2.14 bits per heavy atom. The number of aliphatic hydroxyl groups is 1. The van der Waals surface area contributed by atoms with Gasteiger partial charge in [-0.05, 0) is 40.5 Å². The van der Waals surface area contributed by atoms with Crippen molar-refractivity contribution < 1.29 is 24.2 Å². The summed E-state index contributed by atoms with van der Waals surface area (Å²) >= 11 is 1.61. The molecule has 3 rings (SSSR count). The molecule has 1 spiro atoms. The van der Waals surface area contributed by atoms with Crippen molar-refractivity contribution in [3.05, 3.63) is 12.7 Å². The van der Waals surface area contributed by atoms with E-state index in [1.807, 2.05) is 20.8 Å². The van der Waals surface area contributed by atoms with Crippen LogP contribution in [0.15, 0.2) is 12.7 Å². The summed E-state index contributed by atoms with van der Waals surface area (Å²) in [6, 6.07) is -0.694. The summed E-state index contributed by atoms with van der Waals surface area (Å²) in [6.07, 6.45) is 3.18. The van der Waals surface area contributed by atoms with Gasteiger partial charge in [0, 0.05) is 23.9 Å². The molecule has 0 aromatic heterocycles. The molecular formula is C21H32N2O5S. The molecule has 8 heteroatoms. The number of thioether (sulfide) groups is 1. The van der Waals surface area contributed by atoms with Crippen molar-refractivity contribution >= 4 is 29.5 Å². The van der Waals surface area contributed by atoms with E-state index < -0.39 is 28.2 Å². The quantitative estimate of drug-likeness (QED) is 0.492. The van der Waals surface area contributed by atoms with Crippen LogP contribution in [-0.2, 0) is 19.1 Å². The molecule has 3 aliphatic rings. The van der Waals surface area contributed by atoms with E-state index in [0.717, 1.165) is 6.42 Å². The summed E-state index contributed by atoms with van der Waals surface area (Å²) in [5.41, 5.74) is -0.449. The van der Waals surface area contributed by atoms with Crippen LogP contribution in [0, 0.1) is 11.8 Å². The molecule has 0 aliphatic carbocycles. The van der Waals surface area contributed by atoms with E-state index in [1.165, 1.54) is 4.90 Å².